The molecule has 3 aromatic carbocycles. The number of aromatic nitrogens is 4. The maximum Gasteiger partial charge on any atom is 0.127 e. The van der Waals surface area contributed by atoms with Crippen molar-refractivity contribution in [1.29, 1.82) is 0 Å². The largest absolute Gasteiger partial charge is 0.492 e. The molecule has 1 aliphatic heterocycles. The maximum atomic E-state index is 14.7. The molecule has 0 unspecified atom stereocenters. The fourth-order valence-electron chi connectivity index (χ4n) is 5.57. The Morgan fingerprint density at radius 3 is 2.64 bits per heavy atom. The third-order valence-electron chi connectivity index (χ3n) is 7.53. The van der Waals surface area contributed by atoms with Crippen molar-refractivity contribution in [3.8, 4) is 39.4 Å². The highest BCUT2D eigenvalue weighted by Gasteiger charge is 2.16. The molecule has 1 saturated heterocycles. The van der Waals surface area contributed by atoms with Crippen LogP contribution in [0.1, 0.15) is 12.8 Å². The summed E-state index contributed by atoms with van der Waals surface area (Å²) in [6, 6.07) is 23.3. The Labute approximate surface area is 225 Å². The van der Waals surface area contributed by atoms with Gasteiger partial charge in [-0.2, -0.15) is 5.10 Å². The van der Waals surface area contributed by atoms with Crippen LogP contribution in [0.4, 0.5) is 4.39 Å². The fourth-order valence-corrected chi connectivity index (χ4v) is 5.57. The molecule has 2 N–H and O–H groups in total. The molecule has 7 rings (SSSR count). The van der Waals surface area contributed by atoms with Gasteiger partial charge in [-0.25, -0.2) is 4.39 Å². The lowest BCUT2D eigenvalue weighted by Crippen LogP contribution is -2.25. The molecule has 194 valence electrons. The van der Waals surface area contributed by atoms with Crippen LogP contribution in [0.2, 0.25) is 0 Å². The smallest absolute Gasteiger partial charge is 0.127 e. The third kappa shape index (κ3) is 4.66. The number of halogens is 1. The molecule has 0 aliphatic carbocycles. The van der Waals surface area contributed by atoms with Gasteiger partial charge in [0.1, 0.15) is 23.9 Å². The van der Waals surface area contributed by atoms with Gasteiger partial charge in [0.05, 0.1) is 11.2 Å². The van der Waals surface area contributed by atoms with E-state index in [0.717, 1.165) is 75.1 Å². The number of nitrogens with zero attached hydrogens (tertiary/aromatic N) is 3. The minimum Gasteiger partial charge on any atom is -0.492 e. The highest BCUT2D eigenvalue weighted by molar-refractivity contribution is 6.02. The molecular weight excluding hydrogens is 489 g/mol. The lowest BCUT2D eigenvalue weighted by atomic mass is 10.0. The summed E-state index contributed by atoms with van der Waals surface area (Å²) in [6.07, 6.45) is 6.12. The highest BCUT2D eigenvalue weighted by Crippen LogP contribution is 2.36. The van der Waals surface area contributed by atoms with Crippen molar-refractivity contribution in [2.45, 2.75) is 12.8 Å². The number of rotatable bonds is 7. The number of H-pyrrole nitrogens is 2. The summed E-state index contributed by atoms with van der Waals surface area (Å²) in [5.74, 6) is 0.246. The minimum atomic E-state index is -0.308. The van der Waals surface area contributed by atoms with Crippen molar-refractivity contribution in [2.24, 2.45) is 0 Å². The first-order valence-electron chi connectivity index (χ1n) is 13.4. The zero-order valence-corrected chi connectivity index (χ0v) is 21.5. The van der Waals surface area contributed by atoms with Crippen molar-refractivity contribution >= 4 is 21.8 Å². The lowest BCUT2D eigenvalue weighted by molar-refractivity contribution is 0.237. The lowest BCUT2D eigenvalue weighted by Gasteiger charge is -2.15. The van der Waals surface area contributed by atoms with Gasteiger partial charge in [0.25, 0.3) is 0 Å². The van der Waals surface area contributed by atoms with Crippen LogP contribution in [-0.4, -0.2) is 51.3 Å². The number of fused-ring (bicyclic) bond motifs is 2. The number of hydrogen-bond donors (Lipinski definition) is 2. The van der Waals surface area contributed by atoms with Gasteiger partial charge in [0.2, 0.25) is 0 Å². The first-order chi connectivity index (χ1) is 19.2. The van der Waals surface area contributed by atoms with Crippen LogP contribution < -0.4 is 4.74 Å². The molecule has 6 aromatic rings. The quantitative estimate of drug-likeness (QED) is 0.238. The number of ether oxygens (including phenoxy) is 1. The maximum absolute atomic E-state index is 14.7. The number of pyridine rings is 1. The Bertz CT molecular complexity index is 1770. The van der Waals surface area contributed by atoms with Gasteiger partial charge < -0.3 is 9.72 Å². The van der Waals surface area contributed by atoms with Crippen LogP contribution >= 0.6 is 0 Å². The van der Waals surface area contributed by atoms with E-state index in [9.17, 15) is 4.39 Å². The Balaban J connectivity index is 1.23. The number of benzene rings is 3. The summed E-state index contributed by atoms with van der Waals surface area (Å²) in [6.45, 7) is 3.65. The molecule has 4 heterocycles. The van der Waals surface area contributed by atoms with Crippen LogP contribution in [0, 0.1) is 5.82 Å². The van der Waals surface area contributed by atoms with E-state index in [1.54, 1.807) is 12.3 Å². The van der Waals surface area contributed by atoms with E-state index in [-0.39, 0.29) is 5.82 Å². The van der Waals surface area contributed by atoms with Crippen LogP contribution in [0.25, 0.3) is 55.4 Å². The molecule has 0 radical (unpaired) electrons. The van der Waals surface area contributed by atoms with E-state index in [2.05, 4.69) is 43.3 Å². The van der Waals surface area contributed by atoms with Gasteiger partial charge in [-0.3, -0.25) is 15.0 Å². The van der Waals surface area contributed by atoms with E-state index in [0.29, 0.717) is 12.4 Å². The number of nitrogens with one attached hydrogen (secondary N) is 2. The second-order valence-electron chi connectivity index (χ2n) is 10.1. The summed E-state index contributed by atoms with van der Waals surface area (Å²) in [5, 5.41) is 9.81. The van der Waals surface area contributed by atoms with Gasteiger partial charge in [0, 0.05) is 46.9 Å². The molecule has 1 fully saturated rings. The van der Waals surface area contributed by atoms with Crippen LogP contribution in [0.5, 0.6) is 5.75 Å². The zero-order chi connectivity index (χ0) is 26.2. The normalized spacial score (nSPS) is 14.0. The summed E-state index contributed by atoms with van der Waals surface area (Å²) in [4.78, 5) is 10.2. The number of likely N-dealkylation sites (tertiary alicyclic amines) is 1. The van der Waals surface area contributed by atoms with E-state index in [1.807, 2.05) is 48.7 Å². The monoisotopic (exact) mass is 517 g/mol. The average molecular weight is 518 g/mol. The van der Waals surface area contributed by atoms with E-state index < -0.39 is 0 Å². The van der Waals surface area contributed by atoms with E-state index in [1.165, 1.54) is 18.9 Å². The molecule has 0 amide bonds. The van der Waals surface area contributed by atoms with Gasteiger partial charge in [-0.15, -0.1) is 0 Å². The zero-order valence-electron chi connectivity index (χ0n) is 21.5. The van der Waals surface area contributed by atoms with Gasteiger partial charge in [-0.1, -0.05) is 24.3 Å². The predicted octanol–water partition coefficient (Wildman–Crippen LogP) is 7.05. The van der Waals surface area contributed by atoms with Crippen LogP contribution in [0.3, 0.4) is 0 Å². The Kier molecular flexibility index (Phi) is 6.06. The number of hydrogen-bond acceptors (Lipinski definition) is 4. The second kappa shape index (κ2) is 10.0. The third-order valence-corrected chi connectivity index (χ3v) is 7.53. The Morgan fingerprint density at radius 1 is 0.846 bits per heavy atom. The molecule has 0 saturated carbocycles. The van der Waals surface area contributed by atoms with Crippen molar-refractivity contribution in [1.82, 2.24) is 25.1 Å². The second-order valence-corrected chi connectivity index (χ2v) is 10.1. The van der Waals surface area contributed by atoms with Crippen molar-refractivity contribution in [2.75, 3.05) is 26.2 Å². The molecule has 3 aromatic heterocycles. The fraction of sp³-hybridized carbons (Fsp3) is 0.188. The molecule has 1 aliphatic rings. The molecular formula is C32H28FN5O. The number of aromatic amines is 2. The standard InChI is InChI=1S/C32H28FN5O/c33-24-15-23(16-25(18-24)39-14-13-38-11-1-2-12-38)26-6-3-7-29-27(26)19-31(35-29)32-28-17-21(8-9-30(28)36-37-32)22-5-4-10-34-20-22/h3-10,15-20,35H,1-2,11-14H2,(H,36,37). The topological polar surface area (TPSA) is 69.8 Å². The first-order valence-corrected chi connectivity index (χ1v) is 13.4. The highest BCUT2D eigenvalue weighted by atomic mass is 19.1. The van der Waals surface area contributed by atoms with Crippen LogP contribution in [-0.2, 0) is 0 Å². The van der Waals surface area contributed by atoms with Gasteiger partial charge in [-0.05, 0) is 85.1 Å². The summed E-state index contributed by atoms with van der Waals surface area (Å²) in [7, 11) is 0. The molecule has 0 bridgehead atoms. The molecule has 0 atom stereocenters. The first kappa shape index (κ1) is 23.6. The average Bonchev–Trinajstić information content (AvgIpc) is 3.72. The summed E-state index contributed by atoms with van der Waals surface area (Å²) >= 11 is 0. The van der Waals surface area contributed by atoms with Crippen molar-refractivity contribution < 1.29 is 9.13 Å². The molecule has 0 spiro atoms. The molecule has 39 heavy (non-hydrogen) atoms. The molecule has 7 heteroatoms. The Hall–Kier alpha value is -4.49. The predicted molar refractivity (Wildman–Crippen MR) is 153 cm³/mol. The van der Waals surface area contributed by atoms with Crippen molar-refractivity contribution in [3.63, 3.8) is 0 Å². The minimum absolute atomic E-state index is 0.308. The van der Waals surface area contributed by atoms with E-state index in [4.69, 9.17) is 4.74 Å². The van der Waals surface area contributed by atoms with Crippen LogP contribution in [0.15, 0.2) is 85.2 Å². The van der Waals surface area contributed by atoms with Crippen molar-refractivity contribution in [3.05, 3.63) is 91.0 Å². The van der Waals surface area contributed by atoms with Gasteiger partial charge in [0.15, 0.2) is 0 Å². The molecule has 6 nitrogen and oxygen atoms in total. The van der Waals surface area contributed by atoms with E-state index >= 15 is 0 Å². The summed E-state index contributed by atoms with van der Waals surface area (Å²) < 4.78 is 20.7. The summed E-state index contributed by atoms with van der Waals surface area (Å²) in [5.41, 5.74) is 7.50. The SMILES string of the molecule is Fc1cc(OCCN2CCCC2)cc(-c2cccc3[nH]c(-c4n[nH]c5ccc(-c6cccnc6)cc45)cc23)c1. The van der Waals surface area contributed by atoms with Gasteiger partial charge >= 0.3 is 0 Å². The Morgan fingerprint density at radius 2 is 1.77 bits per heavy atom.